The van der Waals surface area contributed by atoms with Gasteiger partial charge in [-0.3, -0.25) is 9.59 Å². The molecule has 1 saturated heterocycles. The summed E-state index contributed by atoms with van der Waals surface area (Å²) in [6, 6.07) is 5.87. The molecule has 0 atom stereocenters. The van der Waals surface area contributed by atoms with E-state index in [1.54, 1.807) is 28.4 Å². The number of amides is 2. The molecule has 4 rings (SSSR count). The highest BCUT2D eigenvalue weighted by molar-refractivity contribution is 7.09. The first-order valence-electron chi connectivity index (χ1n) is 9.87. The van der Waals surface area contributed by atoms with Crippen molar-refractivity contribution in [1.82, 2.24) is 15.2 Å². The van der Waals surface area contributed by atoms with Crippen molar-refractivity contribution < 1.29 is 14.0 Å². The van der Waals surface area contributed by atoms with Crippen LogP contribution < -0.4 is 5.32 Å². The van der Waals surface area contributed by atoms with Gasteiger partial charge in [-0.15, -0.1) is 11.3 Å². The Morgan fingerprint density at radius 3 is 2.71 bits per heavy atom. The second kappa shape index (κ2) is 8.39. The second-order valence-corrected chi connectivity index (χ2v) is 8.46. The zero-order valence-electron chi connectivity index (χ0n) is 15.7. The van der Waals surface area contributed by atoms with Gasteiger partial charge in [-0.2, -0.15) is 0 Å². The van der Waals surface area contributed by atoms with Gasteiger partial charge in [0.05, 0.1) is 10.7 Å². The van der Waals surface area contributed by atoms with Crippen molar-refractivity contribution in [3.63, 3.8) is 0 Å². The molecule has 2 heterocycles. The maximum Gasteiger partial charge on any atom is 0.253 e. The minimum atomic E-state index is -0.385. The molecule has 2 amide bonds. The third kappa shape index (κ3) is 4.58. The van der Waals surface area contributed by atoms with Crippen LogP contribution in [0.3, 0.4) is 0 Å². The normalized spacial score (nSPS) is 17.5. The monoisotopic (exact) mass is 401 g/mol. The van der Waals surface area contributed by atoms with Crippen LogP contribution >= 0.6 is 11.3 Å². The molecule has 0 unspecified atom stereocenters. The fraction of sp³-hybridized carbons (Fsp3) is 0.476. The van der Waals surface area contributed by atoms with Gasteiger partial charge in [0.15, 0.2) is 0 Å². The van der Waals surface area contributed by atoms with E-state index in [4.69, 9.17) is 4.98 Å². The fourth-order valence-corrected chi connectivity index (χ4v) is 4.59. The van der Waals surface area contributed by atoms with E-state index >= 15 is 0 Å². The summed E-state index contributed by atoms with van der Waals surface area (Å²) in [7, 11) is 0. The quantitative estimate of drug-likeness (QED) is 0.807. The largest absolute Gasteiger partial charge is 0.355 e. The van der Waals surface area contributed by atoms with Gasteiger partial charge in [-0.05, 0) is 43.9 Å². The average Bonchev–Trinajstić information content (AvgIpc) is 3.46. The number of nitrogens with zero attached hydrogens (tertiary/aromatic N) is 2. The summed E-state index contributed by atoms with van der Waals surface area (Å²) < 4.78 is 13.4. The number of hydrogen-bond acceptors (Lipinski definition) is 4. The predicted molar refractivity (Wildman–Crippen MR) is 106 cm³/mol. The Labute approximate surface area is 168 Å². The first-order valence-corrected chi connectivity index (χ1v) is 10.7. The third-order valence-electron chi connectivity index (χ3n) is 5.40. The van der Waals surface area contributed by atoms with Crippen LogP contribution in [-0.4, -0.2) is 41.3 Å². The molecule has 148 valence electrons. The van der Waals surface area contributed by atoms with Crippen LogP contribution in [0, 0.1) is 11.7 Å². The lowest BCUT2D eigenvalue weighted by Crippen LogP contribution is -2.37. The summed E-state index contributed by atoms with van der Waals surface area (Å²) in [4.78, 5) is 30.8. The van der Waals surface area contributed by atoms with Crippen LogP contribution in [0.5, 0.6) is 0 Å². The summed E-state index contributed by atoms with van der Waals surface area (Å²) in [6.45, 7) is 1.96. The molecule has 2 aromatic rings. The van der Waals surface area contributed by atoms with Crippen molar-refractivity contribution in [2.24, 2.45) is 5.92 Å². The van der Waals surface area contributed by atoms with E-state index in [1.165, 1.54) is 12.1 Å². The molecule has 7 heteroatoms. The number of likely N-dealkylation sites (tertiary alicyclic amines) is 1. The number of carbonyl (C=O) groups excluding carboxylic acids is 2. The number of carbonyl (C=O) groups is 2. The van der Waals surface area contributed by atoms with Crippen LogP contribution in [0.2, 0.25) is 0 Å². The maximum absolute atomic E-state index is 13.4. The molecule has 1 N–H and O–H groups in total. The highest BCUT2D eigenvalue weighted by atomic mass is 32.1. The minimum Gasteiger partial charge on any atom is -0.355 e. The Balaban J connectivity index is 1.26. The van der Waals surface area contributed by atoms with Gasteiger partial charge in [0.2, 0.25) is 5.91 Å². The maximum atomic E-state index is 13.4. The number of benzene rings is 1. The first-order chi connectivity index (χ1) is 13.6. The van der Waals surface area contributed by atoms with Gasteiger partial charge < -0.3 is 10.2 Å². The Hall–Kier alpha value is -2.28. The van der Waals surface area contributed by atoms with Gasteiger partial charge in [0.25, 0.3) is 5.91 Å². The van der Waals surface area contributed by atoms with Gasteiger partial charge in [0.1, 0.15) is 5.82 Å². The van der Waals surface area contributed by atoms with E-state index in [1.807, 2.05) is 0 Å². The van der Waals surface area contributed by atoms with Crippen LogP contribution in [0.1, 0.15) is 52.7 Å². The minimum absolute atomic E-state index is 0.107. The molecular weight excluding hydrogens is 377 g/mol. The van der Waals surface area contributed by atoms with Crippen molar-refractivity contribution in [2.45, 2.75) is 38.0 Å². The number of aromatic nitrogens is 1. The van der Waals surface area contributed by atoms with E-state index in [0.29, 0.717) is 31.1 Å². The van der Waals surface area contributed by atoms with Crippen LogP contribution in [0.4, 0.5) is 4.39 Å². The number of hydrogen-bond donors (Lipinski definition) is 1. The predicted octanol–water partition coefficient (Wildman–Crippen LogP) is 3.37. The highest BCUT2D eigenvalue weighted by Gasteiger charge is 2.29. The Morgan fingerprint density at radius 2 is 2.00 bits per heavy atom. The van der Waals surface area contributed by atoms with Crippen LogP contribution in [-0.2, 0) is 11.2 Å². The molecule has 1 aromatic carbocycles. The first kappa shape index (κ1) is 19.1. The number of halogens is 1. The summed E-state index contributed by atoms with van der Waals surface area (Å²) in [5.41, 5.74) is 1.43. The van der Waals surface area contributed by atoms with E-state index in [2.05, 4.69) is 10.7 Å². The number of piperidine rings is 1. The zero-order chi connectivity index (χ0) is 19.5. The molecule has 0 spiro atoms. The molecule has 0 bridgehead atoms. The van der Waals surface area contributed by atoms with Crippen molar-refractivity contribution >= 4 is 23.2 Å². The average molecular weight is 402 g/mol. The van der Waals surface area contributed by atoms with Crippen molar-refractivity contribution in [3.05, 3.63) is 51.7 Å². The van der Waals surface area contributed by atoms with E-state index < -0.39 is 0 Å². The molecule has 1 saturated carbocycles. The molecule has 2 fully saturated rings. The lowest BCUT2D eigenvalue weighted by molar-refractivity contribution is -0.122. The van der Waals surface area contributed by atoms with Crippen molar-refractivity contribution in [1.29, 1.82) is 0 Å². The SMILES string of the molecule is O=C(NCCc1csc(C2CCN(C(=O)c3cccc(F)c3)CC2)n1)C1CC1. The number of thiazole rings is 1. The van der Waals surface area contributed by atoms with Crippen molar-refractivity contribution in [3.8, 4) is 0 Å². The Kier molecular flexibility index (Phi) is 5.71. The number of rotatable bonds is 6. The molecular formula is C21H24FN3O2S. The molecule has 5 nitrogen and oxygen atoms in total. The number of nitrogens with one attached hydrogen (secondary N) is 1. The van der Waals surface area contributed by atoms with Gasteiger partial charge in [-0.1, -0.05) is 6.07 Å². The molecule has 28 heavy (non-hydrogen) atoms. The summed E-state index contributed by atoms with van der Waals surface area (Å²) in [5, 5.41) is 6.16. The zero-order valence-corrected chi connectivity index (χ0v) is 16.5. The summed E-state index contributed by atoms with van der Waals surface area (Å²) >= 11 is 1.66. The summed E-state index contributed by atoms with van der Waals surface area (Å²) in [5.74, 6) is 0.280. The fourth-order valence-electron chi connectivity index (χ4n) is 3.56. The van der Waals surface area contributed by atoms with E-state index in [0.717, 1.165) is 42.8 Å². The van der Waals surface area contributed by atoms with Gasteiger partial charge >= 0.3 is 0 Å². The third-order valence-corrected chi connectivity index (χ3v) is 6.46. The smallest absolute Gasteiger partial charge is 0.253 e. The van der Waals surface area contributed by atoms with Crippen LogP contribution in [0.15, 0.2) is 29.6 Å². The highest BCUT2D eigenvalue weighted by Crippen LogP contribution is 2.31. The lowest BCUT2D eigenvalue weighted by atomic mass is 9.97. The molecule has 1 aliphatic heterocycles. The summed E-state index contributed by atoms with van der Waals surface area (Å²) in [6.07, 6.45) is 4.53. The molecule has 1 aliphatic carbocycles. The van der Waals surface area contributed by atoms with E-state index in [9.17, 15) is 14.0 Å². The standard InChI is InChI=1S/C21H24FN3O2S/c22-17-3-1-2-16(12-17)21(27)25-10-7-15(8-11-25)20-24-18(13-28-20)6-9-23-19(26)14-4-5-14/h1-3,12-15H,4-11H2,(H,23,26). The topological polar surface area (TPSA) is 62.3 Å². The van der Waals surface area contributed by atoms with Crippen LogP contribution in [0.25, 0.3) is 0 Å². The van der Waals surface area contributed by atoms with Crippen molar-refractivity contribution in [2.75, 3.05) is 19.6 Å². The molecule has 1 aromatic heterocycles. The second-order valence-electron chi connectivity index (χ2n) is 7.57. The van der Waals surface area contributed by atoms with E-state index in [-0.39, 0.29) is 23.5 Å². The van der Waals surface area contributed by atoms with Gasteiger partial charge in [0, 0.05) is 48.8 Å². The molecule has 0 radical (unpaired) electrons. The van der Waals surface area contributed by atoms with Gasteiger partial charge in [-0.25, -0.2) is 9.37 Å². The Morgan fingerprint density at radius 1 is 1.21 bits per heavy atom. The Bertz CT molecular complexity index is 857. The molecule has 2 aliphatic rings. The lowest BCUT2D eigenvalue weighted by Gasteiger charge is -2.31.